The molecule has 0 radical (unpaired) electrons. The number of hydrogen-bond donors (Lipinski definition) is 0. The Balaban J connectivity index is 1.31. The summed E-state index contributed by atoms with van der Waals surface area (Å²) < 4.78 is 2.34. The van der Waals surface area contributed by atoms with Gasteiger partial charge in [-0.2, -0.15) is 0 Å². The van der Waals surface area contributed by atoms with E-state index in [1.165, 1.54) is 16.0 Å². The molecule has 5 rings (SSSR count). The molecule has 1 fully saturated rings. The molecular formula is C25H27N5S2. The smallest absolute Gasteiger partial charge is 0.191 e. The SMILES string of the molecule is c1ccc(Cn2c(SCc3cccnc3)nnc2C2CCN(Cc3cccs3)CC2)cc1. The van der Waals surface area contributed by atoms with E-state index < -0.39 is 0 Å². The van der Waals surface area contributed by atoms with Crippen LogP contribution in [-0.2, 0) is 18.8 Å². The van der Waals surface area contributed by atoms with Crippen molar-refractivity contribution in [2.24, 2.45) is 0 Å². The average molecular weight is 462 g/mol. The molecule has 3 aromatic heterocycles. The summed E-state index contributed by atoms with van der Waals surface area (Å²) in [5.41, 5.74) is 2.49. The highest BCUT2D eigenvalue weighted by atomic mass is 32.2. The average Bonchev–Trinajstić information content (AvgIpc) is 3.50. The fourth-order valence-electron chi connectivity index (χ4n) is 4.23. The van der Waals surface area contributed by atoms with Gasteiger partial charge in [0, 0.05) is 35.5 Å². The molecule has 4 heterocycles. The lowest BCUT2D eigenvalue weighted by molar-refractivity contribution is 0.201. The lowest BCUT2D eigenvalue weighted by Gasteiger charge is -2.31. The summed E-state index contributed by atoms with van der Waals surface area (Å²) in [5, 5.41) is 12.5. The lowest BCUT2D eigenvalue weighted by Crippen LogP contribution is -2.33. The van der Waals surface area contributed by atoms with Crippen LogP contribution in [0.5, 0.6) is 0 Å². The predicted octanol–water partition coefficient (Wildman–Crippen LogP) is 5.45. The van der Waals surface area contributed by atoms with E-state index in [0.717, 1.165) is 55.8 Å². The van der Waals surface area contributed by atoms with Crippen molar-refractivity contribution in [3.8, 4) is 0 Å². The number of pyridine rings is 1. The Morgan fingerprint density at radius 3 is 2.50 bits per heavy atom. The van der Waals surface area contributed by atoms with Gasteiger partial charge in [0.15, 0.2) is 5.16 Å². The van der Waals surface area contributed by atoms with Crippen LogP contribution < -0.4 is 0 Å². The monoisotopic (exact) mass is 461 g/mol. The number of rotatable bonds is 8. The number of benzene rings is 1. The van der Waals surface area contributed by atoms with E-state index in [4.69, 9.17) is 5.10 Å². The molecule has 32 heavy (non-hydrogen) atoms. The van der Waals surface area contributed by atoms with E-state index in [9.17, 15) is 0 Å². The molecule has 0 bridgehead atoms. The summed E-state index contributed by atoms with van der Waals surface area (Å²) in [6, 6.07) is 19.1. The zero-order chi connectivity index (χ0) is 21.6. The second-order valence-electron chi connectivity index (χ2n) is 8.19. The molecule has 1 aliphatic rings. The Morgan fingerprint density at radius 1 is 0.906 bits per heavy atom. The summed E-state index contributed by atoms with van der Waals surface area (Å²) in [5.74, 6) is 2.44. The normalized spacial score (nSPS) is 15.2. The van der Waals surface area contributed by atoms with E-state index in [1.54, 1.807) is 11.8 Å². The third-order valence-electron chi connectivity index (χ3n) is 5.93. The Hall–Kier alpha value is -2.48. The van der Waals surface area contributed by atoms with Crippen molar-refractivity contribution in [3.63, 3.8) is 0 Å². The van der Waals surface area contributed by atoms with Crippen LogP contribution in [-0.4, -0.2) is 37.7 Å². The molecule has 0 spiro atoms. The van der Waals surface area contributed by atoms with Crippen molar-refractivity contribution in [2.45, 2.75) is 42.8 Å². The minimum Gasteiger partial charge on any atom is -0.301 e. The fraction of sp³-hybridized carbons (Fsp3) is 0.320. The molecule has 0 N–H and O–H groups in total. The summed E-state index contributed by atoms with van der Waals surface area (Å²) in [6.07, 6.45) is 6.00. The zero-order valence-corrected chi connectivity index (χ0v) is 19.6. The fourth-order valence-corrected chi connectivity index (χ4v) is 5.85. The van der Waals surface area contributed by atoms with Gasteiger partial charge in [-0.15, -0.1) is 21.5 Å². The molecule has 1 saturated heterocycles. The van der Waals surface area contributed by atoms with Crippen molar-refractivity contribution in [3.05, 3.63) is 94.2 Å². The molecule has 0 aliphatic carbocycles. The summed E-state index contributed by atoms with van der Waals surface area (Å²) in [4.78, 5) is 8.26. The number of nitrogens with zero attached hydrogens (tertiary/aromatic N) is 5. The lowest BCUT2D eigenvalue weighted by atomic mass is 9.95. The Morgan fingerprint density at radius 2 is 1.75 bits per heavy atom. The minimum absolute atomic E-state index is 0.457. The topological polar surface area (TPSA) is 46.8 Å². The number of piperidine rings is 1. The molecule has 7 heteroatoms. The maximum Gasteiger partial charge on any atom is 0.191 e. The largest absolute Gasteiger partial charge is 0.301 e. The summed E-state index contributed by atoms with van der Waals surface area (Å²) in [6.45, 7) is 4.10. The van der Waals surface area contributed by atoms with Crippen molar-refractivity contribution >= 4 is 23.1 Å². The third kappa shape index (κ3) is 5.28. The Bertz CT molecular complexity index is 1090. The van der Waals surface area contributed by atoms with E-state index in [1.807, 2.05) is 29.8 Å². The highest BCUT2D eigenvalue weighted by Crippen LogP contribution is 2.31. The van der Waals surface area contributed by atoms with Gasteiger partial charge in [-0.05, 0) is 54.6 Å². The third-order valence-corrected chi connectivity index (χ3v) is 7.83. The maximum absolute atomic E-state index is 4.71. The van der Waals surface area contributed by atoms with Gasteiger partial charge >= 0.3 is 0 Å². The van der Waals surface area contributed by atoms with Crippen LogP contribution >= 0.6 is 23.1 Å². The first-order chi connectivity index (χ1) is 15.8. The van der Waals surface area contributed by atoms with Gasteiger partial charge in [0.25, 0.3) is 0 Å². The molecule has 0 amide bonds. The first-order valence-electron chi connectivity index (χ1n) is 11.1. The molecule has 0 unspecified atom stereocenters. The standard InChI is InChI=1S/C25H27N5S2/c1-2-6-20(7-3-1)17-30-24(27-28-25(30)32-19-21-8-4-12-26-16-21)22-10-13-29(14-11-22)18-23-9-5-15-31-23/h1-9,12,15-16,22H,10-11,13-14,17-19H2. The van der Waals surface area contributed by atoms with Gasteiger partial charge in [-0.25, -0.2) is 0 Å². The van der Waals surface area contributed by atoms with E-state index in [-0.39, 0.29) is 0 Å². The van der Waals surface area contributed by atoms with Gasteiger partial charge in [0.1, 0.15) is 5.82 Å². The van der Waals surface area contributed by atoms with Crippen molar-refractivity contribution < 1.29 is 0 Å². The second-order valence-corrected chi connectivity index (χ2v) is 10.2. The first-order valence-corrected chi connectivity index (χ1v) is 12.9. The van der Waals surface area contributed by atoms with Crippen LogP contribution in [0, 0.1) is 0 Å². The van der Waals surface area contributed by atoms with Gasteiger partial charge in [-0.1, -0.05) is 54.2 Å². The molecule has 1 aliphatic heterocycles. The minimum atomic E-state index is 0.457. The maximum atomic E-state index is 4.71. The van der Waals surface area contributed by atoms with E-state index >= 15 is 0 Å². The number of aromatic nitrogens is 4. The van der Waals surface area contributed by atoms with Crippen LogP contribution in [0.2, 0.25) is 0 Å². The van der Waals surface area contributed by atoms with Crippen LogP contribution in [0.15, 0.2) is 77.5 Å². The van der Waals surface area contributed by atoms with Crippen LogP contribution in [0.1, 0.15) is 40.6 Å². The van der Waals surface area contributed by atoms with Crippen LogP contribution in [0.4, 0.5) is 0 Å². The number of thiophene rings is 1. The number of hydrogen-bond acceptors (Lipinski definition) is 6. The Labute approximate surface area is 197 Å². The quantitative estimate of drug-likeness (QED) is 0.326. The molecule has 4 aromatic rings. The first kappa shape index (κ1) is 21.4. The molecule has 1 aromatic carbocycles. The number of thioether (sulfide) groups is 1. The van der Waals surface area contributed by atoms with Crippen molar-refractivity contribution in [1.29, 1.82) is 0 Å². The van der Waals surface area contributed by atoms with E-state index in [2.05, 4.69) is 73.5 Å². The van der Waals surface area contributed by atoms with Crippen molar-refractivity contribution in [2.75, 3.05) is 13.1 Å². The molecule has 0 saturated carbocycles. The van der Waals surface area contributed by atoms with E-state index in [0.29, 0.717) is 5.92 Å². The number of likely N-dealkylation sites (tertiary alicyclic amines) is 1. The van der Waals surface area contributed by atoms with Crippen LogP contribution in [0.25, 0.3) is 0 Å². The van der Waals surface area contributed by atoms with Gasteiger partial charge in [0.05, 0.1) is 6.54 Å². The second kappa shape index (κ2) is 10.4. The molecule has 0 atom stereocenters. The van der Waals surface area contributed by atoms with Gasteiger partial charge < -0.3 is 4.57 Å². The highest BCUT2D eigenvalue weighted by Gasteiger charge is 2.26. The zero-order valence-electron chi connectivity index (χ0n) is 18.0. The Kier molecular flexibility index (Phi) is 6.96. The highest BCUT2D eigenvalue weighted by molar-refractivity contribution is 7.98. The van der Waals surface area contributed by atoms with Crippen molar-refractivity contribution in [1.82, 2.24) is 24.6 Å². The molecular weight excluding hydrogens is 434 g/mol. The predicted molar refractivity (Wildman–Crippen MR) is 131 cm³/mol. The molecule has 164 valence electrons. The van der Waals surface area contributed by atoms with Gasteiger partial charge in [0.2, 0.25) is 0 Å². The summed E-state index contributed by atoms with van der Waals surface area (Å²) in [7, 11) is 0. The summed E-state index contributed by atoms with van der Waals surface area (Å²) >= 11 is 3.60. The van der Waals surface area contributed by atoms with Gasteiger partial charge in [-0.3, -0.25) is 9.88 Å². The molecule has 5 nitrogen and oxygen atoms in total. The van der Waals surface area contributed by atoms with Crippen LogP contribution in [0.3, 0.4) is 0 Å².